The van der Waals surface area contributed by atoms with Gasteiger partial charge >= 0.3 is 0 Å². The largest absolute Gasteiger partial charge is 0.338 e. The van der Waals surface area contributed by atoms with Gasteiger partial charge in [0.1, 0.15) is 0 Å². The molecule has 0 radical (unpaired) electrons. The third-order valence-electron chi connectivity index (χ3n) is 6.23. The van der Waals surface area contributed by atoms with E-state index in [2.05, 4.69) is 116 Å². The van der Waals surface area contributed by atoms with E-state index in [1.807, 2.05) is 0 Å². The Hall–Kier alpha value is -3.32. The molecule has 0 bridgehead atoms. The molecule has 0 amide bonds. The van der Waals surface area contributed by atoms with E-state index in [4.69, 9.17) is 0 Å². The van der Waals surface area contributed by atoms with Gasteiger partial charge in [0, 0.05) is 27.8 Å². The fraction of sp³-hybridized carbons (Fsp3) is 0.200. The normalized spacial score (nSPS) is 11.6. The Kier molecular flexibility index (Phi) is 5.11. The van der Waals surface area contributed by atoms with Crippen molar-refractivity contribution in [3.05, 3.63) is 96.6 Å². The summed E-state index contributed by atoms with van der Waals surface area (Å²) in [4.78, 5) is 0. The first-order valence-electron chi connectivity index (χ1n) is 11.4. The summed E-state index contributed by atoms with van der Waals surface area (Å²) >= 11 is 0. The van der Waals surface area contributed by atoms with Gasteiger partial charge in [0.15, 0.2) is 0 Å². The summed E-state index contributed by atoms with van der Waals surface area (Å²) in [6, 6.07) is 33.9. The molecule has 0 aliphatic carbocycles. The fourth-order valence-corrected chi connectivity index (χ4v) is 4.79. The third kappa shape index (κ3) is 3.55. The lowest BCUT2D eigenvalue weighted by Crippen LogP contribution is -2.00. The van der Waals surface area contributed by atoms with Gasteiger partial charge in [0.2, 0.25) is 0 Å². The minimum atomic E-state index is 0.382. The maximum atomic E-state index is 2.50. The molecule has 31 heavy (non-hydrogen) atoms. The van der Waals surface area contributed by atoms with Gasteiger partial charge in [-0.15, -0.1) is 0 Å². The molecule has 0 saturated carbocycles. The van der Waals surface area contributed by atoms with Gasteiger partial charge in [-0.1, -0.05) is 92.2 Å². The molecule has 154 valence electrons. The standard InChI is InChI=1S/C30H29N/c1-4-9-22-10-8-13-24(18-22)26-15-17-28-27-16-14-25(23-11-6-5-7-12-23)19-29(27)31(21(2)3)30(28)20-26/h5-8,10-21H,4,9H2,1-3H3. The molecule has 0 atom stereocenters. The maximum Gasteiger partial charge on any atom is 0.0500 e. The van der Waals surface area contributed by atoms with Crippen molar-refractivity contribution in [1.82, 2.24) is 4.57 Å². The second-order valence-corrected chi connectivity index (χ2v) is 8.74. The zero-order chi connectivity index (χ0) is 21.4. The van der Waals surface area contributed by atoms with E-state index in [0.717, 1.165) is 6.42 Å². The fourth-order valence-electron chi connectivity index (χ4n) is 4.79. The molecular weight excluding hydrogens is 374 g/mol. The predicted octanol–water partition coefficient (Wildman–Crippen LogP) is 8.66. The smallest absolute Gasteiger partial charge is 0.0500 e. The van der Waals surface area contributed by atoms with Gasteiger partial charge in [0.05, 0.1) is 0 Å². The van der Waals surface area contributed by atoms with Gasteiger partial charge in [-0.25, -0.2) is 0 Å². The van der Waals surface area contributed by atoms with Crippen LogP contribution in [0, 0.1) is 0 Å². The van der Waals surface area contributed by atoms with E-state index in [-0.39, 0.29) is 0 Å². The lowest BCUT2D eigenvalue weighted by molar-refractivity contribution is 0.642. The van der Waals surface area contributed by atoms with E-state index in [0.29, 0.717) is 6.04 Å². The van der Waals surface area contributed by atoms with Crippen LogP contribution in [-0.4, -0.2) is 4.57 Å². The topological polar surface area (TPSA) is 4.93 Å². The highest BCUT2D eigenvalue weighted by atomic mass is 15.0. The van der Waals surface area contributed by atoms with Crippen molar-refractivity contribution < 1.29 is 0 Å². The van der Waals surface area contributed by atoms with Crippen LogP contribution in [0.25, 0.3) is 44.1 Å². The average molecular weight is 404 g/mol. The van der Waals surface area contributed by atoms with Gasteiger partial charge < -0.3 is 4.57 Å². The van der Waals surface area contributed by atoms with Crippen LogP contribution >= 0.6 is 0 Å². The van der Waals surface area contributed by atoms with Gasteiger partial charge in [0.25, 0.3) is 0 Å². The minimum absolute atomic E-state index is 0.382. The van der Waals surface area contributed by atoms with Gasteiger partial charge in [-0.2, -0.15) is 0 Å². The Morgan fingerprint density at radius 1 is 0.613 bits per heavy atom. The molecule has 0 unspecified atom stereocenters. The second-order valence-electron chi connectivity index (χ2n) is 8.74. The quantitative estimate of drug-likeness (QED) is 0.277. The lowest BCUT2D eigenvalue weighted by atomic mass is 9.99. The SMILES string of the molecule is CCCc1cccc(-c2ccc3c4ccc(-c5ccccc5)cc4n(C(C)C)c3c2)c1. The van der Waals surface area contributed by atoms with Crippen LogP contribution in [0.1, 0.15) is 38.8 Å². The third-order valence-corrected chi connectivity index (χ3v) is 6.23. The lowest BCUT2D eigenvalue weighted by Gasteiger charge is -2.13. The number of benzene rings is 4. The Morgan fingerprint density at radius 3 is 1.81 bits per heavy atom. The van der Waals surface area contributed by atoms with Crippen molar-refractivity contribution in [2.75, 3.05) is 0 Å². The monoisotopic (exact) mass is 403 g/mol. The predicted molar refractivity (Wildman–Crippen MR) is 135 cm³/mol. The molecule has 0 aliphatic rings. The highest BCUT2D eigenvalue weighted by molar-refractivity contribution is 6.10. The number of fused-ring (bicyclic) bond motifs is 3. The van der Waals surface area contributed by atoms with Crippen LogP contribution in [0.4, 0.5) is 0 Å². The van der Waals surface area contributed by atoms with Crippen molar-refractivity contribution in [3.63, 3.8) is 0 Å². The summed E-state index contributed by atoms with van der Waals surface area (Å²) in [6.45, 7) is 6.80. The molecule has 1 nitrogen and oxygen atoms in total. The van der Waals surface area contributed by atoms with E-state index in [1.165, 1.54) is 56.0 Å². The molecule has 1 heterocycles. The minimum Gasteiger partial charge on any atom is -0.338 e. The highest BCUT2D eigenvalue weighted by Crippen LogP contribution is 2.36. The molecule has 0 saturated heterocycles. The molecule has 1 heteroatoms. The van der Waals surface area contributed by atoms with Gasteiger partial charge in [-0.05, 0) is 60.2 Å². The summed E-state index contributed by atoms with van der Waals surface area (Å²) in [5.41, 5.74) is 9.16. The van der Waals surface area contributed by atoms with Crippen molar-refractivity contribution in [3.8, 4) is 22.3 Å². The Labute approximate surface area is 185 Å². The number of aromatic nitrogens is 1. The van der Waals surface area contributed by atoms with Crippen molar-refractivity contribution in [1.29, 1.82) is 0 Å². The van der Waals surface area contributed by atoms with Crippen LogP contribution in [-0.2, 0) is 6.42 Å². The molecule has 5 aromatic rings. The number of rotatable bonds is 5. The zero-order valence-electron chi connectivity index (χ0n) is 18.6. The first-order chi connectivity index (χ1) is 15.2. The Morgan fingerprint density at radius 2 is 1.19 bits per heavy atom. The van der Waals surface area contributed by atoms with E-state index < -0.39 is 0 Å². The van der Waals surface area contributed by atoms with Crippen molar-refractivity contribution in [2.24, 2.45) is 0 Å². The molecule has 0 aliphatic heterocycles. The van der Waals surface area contributed by atoms with E-state index >= 15 is 0 Å². The Balaban J connectivity index is 1.71. The first-order valence-corrected chi connectivity index (χ1v) is 11.4. The van der Waals surface area contributed by atoms with Gasteiger partial charge in [-0.3, -0.25) is 0 Å². The van der Waals surface area contributed by atoms with E-state index in [9.17, 15) is 0 Å². The summed E-state index contributed by atoms with van der Waals surface area (Å²) in [6.07, 6.45) is 2.30. The number of nitrogens with zero attached hydrogens (tertiary/aromatic N) is 1. The molecule has 5 rings (SSSR count). The summed E-state index contributed by atoms with van der Waals surface area (Å²) in [7, 11) is 0. The summed E-state index contributed by atoms with van der Waals surface area (Å²) in [5, 5.41) is 2.66. The van der Waals surface area contributed by atoms with Crippen LogP contribution in [0.3, 0.4) is 0 Å². The van der Waals surface area contributed by atoms with E-state index in [1.54, 1.807) is 0 Å². The van der Waals surface area contributed by atoms with Crippen molar-refractivity contribution >= 4 is 21.8 Å². The van der Waals surface area contributed by atoms with Crippen LogP contribution in [0.2, 0.25) is 0 Å². The molecule has 0 N–H and O–H groups in total. The molecular formula is C30H29N. The highest BCUT2D eigenvalue weighted by Gasteiger charge is 2.15. The Bertz CT molecular complexity index is 1360. The van der Waals surface area contributed by atoms with Crippen LogP contribution in [0.15, 0.2) is 91.0 Å². The molecule has 4 aromatic carbocycles. The molecule has 1 aromatic heterocycles. The number of hydrogen-bond donors (Lipinski definition) is 0. The first kappa shape index (κ1) is 19.6. The molecule has 0 fully saturated rings. The molecule has 0 spiro atoms. The van der Waals surface area contributed by atoms with Crippen molar-refractivity contribution in [2.45, 2.75) is 39.7 Å². The number of aryl methyl sites for hydroxylation is 1. The summed E-state index contributed by atoms with van der Waals surface area (Å²) in [5.74, 6) is 0. The van der Waals surface area contributed by atoms with Crippen LogP contribution in [0.5, 0.6) is 0 Å². The van der Waals surface area contributed by atoms with Crippen LogP contribution < -0.4 is 0 Å². The summed E-state index contributed by atoms with van der Waals surface area (Å²) < 4.78 is 2.50. The zero-order valence-corrected chi connectivity index (χ0v) is 18.6. The maximum absolute atomic E-state index is 2.50. The number of hydrogen-bond acceptors (Lipinski definition) is 0. The average Bonchev–Trinajstić information content (AvgIpc) is 3.13. The second kappa shape index (κ2) is 8.07.